The van der Waals surface area contributed by atoms with Crippen LogP contribution in [0.1, 0.15) is 28.0 Å². The summed E-state index contributed by atoms with van der Waals surface area (Å²) in [6.45, 7) is 5.27. The zero-order chi connectivity index (χ0) is 16.9. The second kappa shape index (κ2) is 7.08. The predicted molar refractivity (Wildman–Crippen MR) is 92.1 cm³/mol. The number of aromatic nitrogens is 4. The first kappa shape index (κ1) is 15.9. The van der Waals surface area contributed by atoms with Gasteiger partial charge in [0.05, 0.1) is 0 Å². The average molecular weight is 324 g/mol. The van der Waals surface area contributed by atoms with Crippen LogP contribution in [0.4, 0.5) is 5.82 Å². The Bertz CT molecular complexity index is 843. The van der Waals surface area contributed by atoms with Gasteiger partial charge in [-0.05, 0) is 32.4 Å². The molecule has 0 atom stereocenters. The zero-order valence-corrected chi connectivity index (χ0v) is 13.8. The van der Waals surface area contributed by atoms with Crippen molar-refractivity contribution in [3.63, 3.8) is 0 Å². The van der Waals surface area contributed by atoms with Crippen LogP contribution in [-0.2, 0) is 0 Å². The number of aryl methyl sites for hydroxylation is 1. The molecule has 0 radical (unpaired) electrons. The van der Waals surface area contributed by atoms with Crippen LogP contribution in [0.5, 0.6) is 0 Å². The Labute approximate surface area is 140 Å². The van der Waals surface area contributed by atoms with E-state index in [1.54, 1.807) is 16.6 Å². The van der Waals surface area contributed by atoms with Gasteiger partial charge in [0.1, 0.15) is 12.1 Å². The highest BCUT2D eigenvalue weighted by atomic mass is 16.1. The molecule has 7 nitrogen and oxygen atoms in total. The average Bonchev–Trinajstić information content (AvgIpc) is 3.06. The van der Waals surface area contributed by atoms with Crippen LogP contribution >= 0.6 is 0 Å². The Morgan fingerprint density at radius 1 is 1.17 bits per heavy atom. The number of hydrogen-bond acceptors (Lipinski definition) is 5. The van der Waals surface area contributed by atoms with E-state index in [1.807, 2.05) is 32.0 Å². The minimum Gasteiger partial charge on any atom is -0.370 e. The van der Waals surface area contributed by atoms with Crippen molar-refractivity contribution in [3.8, 4) is 0 Å². The standard InChI is InChI=1S/C17H20N6O/c1-12-13(2)22-17-20-11-21-23(17)15(12)18-9-6-10-19-16(24)14-7-4-3-5-8-14/h3-5,7-8,11,18H,6,9-10H2,1-2H3,(H,19,24). The first-order valence-electron chi connectivity index (χ1n) is 7.91. The van der Waals surface area contributed by atoms with E-state index in [0.29, 0.717) is 24.4 Å². The third-order valence-electron chi connectivity index (χ3n) is 3.87. The molecule has 2 aromatic heterocycles. The van der Waals surface area contributed by atoms with Crippen LogP contribution in [0.2, 0.25) is 0 Å². The molecular weight excluding hydrogens is 304 g/mol. The van der Waals surface area contributed by atoms with E-state index < -0.39 is 0 Å². The minimum atomic E-state index is -0.0507. The molecule has 24 heavy (non-hydrogen) atoms. The van der Waals surface area contributed by atoms with Gasteiger partial charge in [0.15, 0.2) is 0 Å². The molecule has 2 N–H and O–H groups in total. The summed E-state index contributed by atoms with van der Waals surface area (Å²) in [6, 6.07) is 9.21. The molecule has 0 bridgehead atoms. The van der Waals surface area contributed by atoms with Crippen LogP contribution in [0, 0.1) is 13.8 Å². The van der Waals surface area contributed by atoms with Gasteiger partial charge in [0, 0.05) is 29.9 Å². The minimum absolute atomic E-state index is 0.0507. The topological polar surface area (TPSA) is 84.2 Å². The number of carbonyl (C=O) groups excluding carboxylic acids is 1. The summed E-state index contributed by atoms with van der Waals surface area (Å²) in [6.07, 6.45) is 2.29. The maximum Gasteiger partial charge on any atom is 0.254 e. The van der Waals surface area contributed by atoms with Crippen LogP contribution in [0.15, 0.2) is 36.7 Å². The van der Waals surface area contributed by atoms with Gasteiger partial charge in [-0.25, -0.2) is 4.98 Å². The molecule has 0 aliphatic carbocycles. The van der Waals surface area contributed by atoms with Gasteiger partial charge in [-0.3, -0.25) is 4.79 Å². The van der Waals surface area contributed by atoms with Crippen LogP contribution in [0.3, 0.4) is 0 Å². The first-order valence-corrected chi connectivity index (χ1v) is 7.91. The molecule has 3 aromatic rings. The van der Waals surface area contributed by atoms with Gasteiger partial charge in [0.25, 0.3) is 11.7 Å². The SMILES string of the molecule is Cc1nc2ncnn2c(NCCCNC(=O)c2ccccc2)c1C. The molecular formula is C17H20N6O. The van der Waals surface area contributed by atoms with E-state index in [2.05, 4.69) is 25.7 Å². The van der Waals surface area contributed by atoms with Crippen molar-refractivity contribution < 1.29 is 4.79 Å². The summed E-state index contributed by atoms with van der Waals surface area (Å²) >= 11 is 0. The summed E-state index contributed by atoms with van der Waals surface area (Å²) in [5, 5.41) is 10.5. The number of benzene rings is 1. The predicted octanol–water partition coefficient (Wildman–Crippen LogP) is 1.97. The number of hydrogen-bond donors (Lipinski definition) is 2. The Morgan fingerprint density at radius 3 is 2.75 bits per heavy atom. The third kappa shape index (κ3) is 3.34. The summed E-state index contributed by atoms with van der Waals surface area (Å²) in [5.74, 6) is 1.42. The fourth-order valence-corrected chi connectivity index (χ4v) is 2.43. The molecule has 2 heterocycles. The fourth-order valence-electron chi connectivity index (χ4n) is 2.43. The number of fused-ring (bicyclic) bond motifs is 1. The molecule has 0 aliphatic rings. The number of rotatable bonds is 6. The second-order valence-electron chi connectivity index (χ2n) is 5.54. The molecule has 0 saturated heterocycles. The van der Waals surface area contributed by atoms with E-state index in [9.17, 15) is 4.79 Å². The van der Waals surface area contributed by atoms with E-state index in [4.69, 9.17) is 0 Å². The van der Waals surface area contributed by atoms with E-state index >= 15 is 0 Å². The molecule has 7 heteroatoms. The molecule has 0 spiro atoms. The molecule has 1 amide bonds. The molecule has 0 saturated carbocycles. The lowest BCUT2D eigenvalue weighted by atomic mass is 10.2. The molecule has 0 fully saturated rings. The quantitative estimate of drug-likeness (QED) is 0.677. The number of nitrogens with one attached hydrogen (secondary N) is 2. The van der Waals surface area contributed by atoms with Crippen molar-refractivity contribution in [2.24, 2.45) is 0 Å². The Kier molecular flexibility index (Phi) is 4.69. The van der Waals surface area contributed by atoms with E-state index in [-0.39, 0.29) is 5.91 Å². The van der Waals surface area contributed by atoms with Crippen LogP contribution < -0.4 is 10.6 Å². The van der Waals surface area contributed by atoms with Crippen molar-refractivity contribution in [2.75, 3.05) is 18.4 Å². The maximum atomic E-state index is 12.0. The maximum absolute atomic E-state index is 12.0. The lowest BCUT2D eigenvalue weighted by Crippen LogP contribution is -2.26. The van der Waals surface area contributed by atoms with Gasteiger partial charge < -0.3 is 10.6 Å². The Balaban J connectivity index is 1.53. The highest BCUT2D eigenvalue weighted by Crippen LogP contribution is 2.17. The number of anilines is 1. The van der Waals surface area contributed by atoms with Crippen LogP contribution in [-0.4, -0.2) is 38.6 Å². The zero-order valence-electron chi connectivity index (χ0n) is 13.8. The van der Waals surface area contributed by atoms with Crippen molar-refractivity contribution in [1.82, 2.24) is 24.9 Å². The van der Waals surface area contributed by atoms with Gasteiger partial charge in [0.2, 0.25) is 0 Å². The van der Waals surface area contributed by atoms with Crippen LogP contribution in [0.25, 0.3) is 5.78 Å². The normalized spacial score (nSPS) is 10.8. The summed E-state index contributed by atoms with van der Waals surface area (Å²) in [5.41, 5.74) is 2.65. The Hall–Kier alpha value is -2.96. The second-order valence-corrected chi connectivity index (χ2v) is 5.54. The lowest BCUT2D eigenvalue weighted by molar-refractivity contribution is 0.0953. The number of amides is 1. The van der Waals surface area contributed by atoms with Crippen molar-refractivity contribution in [1.29, 1.82) is 0 Å². The molecule has 0 aliphatic heterocycles. The van der Waals surface area contributed by atoms with Crippen molar-refractivity contribution >= 4 is 17.5 Å². The number of nitrogens with zero attached hydrogens (tertiary/aromatic N) is 4. The number of carbonyl (C=O) groups is 1. The lowest BCUT2D eigenvalue weighted by Gasteiger charge is -2.12. The highest BCUT2D eigenvalue weighted by molar-refractivity contribution is 5.94. The van der Waals surface area contributed by atoms with Gasteiger partial charge in [-0.1, -0.05) is 18.2 Å². The monoisotopic (exact) mass is 324 g/mol. The molecule has 124 valence electrons. The van der Waals surface area contributed by atoms with Gasteiger partial charge in [-0.15, -0.1) is 0 Å². The summed E-state index contributed by atoms with van der Waals surface area (Å²) < 4.78 is 1.70. The van der Waals surface area contributed by atoms with Crippen molar-refractivity contribution in [3.05, 3.63) is 53.5 Å². The Morgan fingerprint density at radius 2 is 1.96 bits per heavy atom. The fraction of sp³-hybridized carbons (Fsp3) is 0.294. The summed E-state index contributed by atoms with van der Waals surface area (Å²) in [7, 11) is 0. The highest BCUT2D eigenvalue weighted by Gasteiger charge is 2.10. The molecule has 3 rings (SSSR count). The van der Waals surface area contributed by atoms with E-state index in [1.165, 1.54) is 6.33 Å². The van der Waals surface area contributed by atoms with E-state index in [0.717, 1.165) is 23.5 Å². The van der Waals surface area contributed by atoms with Crippen molar-refractivity contribution in [2.45, 2.75) is 20.3 Å². The third-order valence-corrected chi connectivity index (χ3v) is 3.87. The smallest absolute Gasteiger partial charge is 0.254 e. The molecule has 0 unspecified atom stereocenters. The van der Waals surface area contributed by atoms with Gasteiger partial charge in [-0.2, -0.15) is 14.6 Å². The first-order chi connectivity index (χ1) is 11.7. The van der Waals surface area contributed by atoms with Gasteiger partial charge >= 0.3 is 0 Å². The largest absolute Gasteiger partial charge is 0.370 e. The molecule has 1 aromatic carbocycles. The summed E-state index contributed by atoms with van der Waals surface area (Å²) in [4.78, 5) is 20.5.